The first-order chi connectivity index (χ1) is 6.36. The molecule has 0 aromatic rings. The summed E-state index contributed by atoms with van der Waals surface area (Å²) in [7, 11) is 1.58. The van der Waals surface area contributed by atoms with Gasteiger partial charge in [0.1, 0.15) is 0 Å². The predicted octanol–water partition coefficient (Wildman–Crippen LogP) is 2.10. The molecule has 0 aromatic carbocycles. The maximum Gasteiger partial charge on any atom is 0.295 e. The first kappa shape index (κ1) is 10.5. The summed E-state index contributed by atoms with van der Waals surface area (Å²) in [6, 6.07) is 0. The molecule has 13 heavy (non-hydrogen) atoms. The third-order valence-electron chi connectivity index (χ3n) is 2.72. The van der Waals surface area contributed by atoms with Crippen LogP contribution in [0.2, 0.25) is 0 Å². The second-order valence-corrected chi connectivity index (χ2v) is 3.64. The highest BCUT2D eigenvalue weighted by Crippen LogP contribution is 2.27. The highest BCUT2D eigenvalue weighted by Gasteiger charge is 2.19. The minimum Gasteiger partial charge on any atom is -0.438 e. The molecule has 0 aliphatic heterocycles. The van der Waals surface area contributed by atoms with Crippen LogP contribution in [0.1, 0.15) is 38.5 Å². The number of ether oxygens (including phenoxy) is 2. The summed E-state index contributed by atoms with van der Waals surface area (Å²) in [6.45, 7) is 0.469. The van der Waals surface area contributed by atoms with Crippen molar-refractivity contribution in [1.29, 1.82) is 0 Å². The van der Waals surface area contributed by atoms with Gasteiger partial charge >= 0.3 is 0 Å². The lowest BCUT2D eigenvalue weighted by Gasteiger charge is -2.24. The summed E-state index contributed by atoms with van der Waals surface area (Å²) in [6.07, 6.45) is 6.99. The standard InChI is InChI=1S/C10H18O3/c1-12-10(13-8-11)7-9-5-3-2-4-6-9/h8-10H,2-7H2,1H3. The van der Waals surface area contributed by atoms with Gasteiger partial charge in [0.15, 0.2) is 0 Å². The third kappa shape index (κ3) is 3.77. The van der Waals surface area contributed by atoms with Crippen LogP contribution in [0, 0.1) is 5.92 Å². The van der Waals surface area contributed by atoms with E-state index in [1.54, 1.807) is 7.11 Å². The Kier molecular flexibility index (Phi) is 4.83. The van der Waals surface area contributed by atoms with Gasteiger partial charge < -0.3 is 9.47 Å². The predicted molar refractivity (Wildman–Crippen MR) is 49.1 cm³/mol. The number of rotatable bonds is 5. The van der Waals surface area contributed by atoms with Gasteiger partial charge in [-0.1, -0.05) is 32.1 Å². The molecule has 3 nitrogen and oxygen atoms in total. The Morgan fingerprint density at radius 2 is 2.08 bits per heavy atom. The van der Waals surface area contributed by atoms with E-state index < -0.39 is 0 Å². The average Bonchev–Trinajstić information content (AvgIpc) is 2.19. The summed E-state index contributed by atoms with van der Waals surface area (Å²) in [5.41, 5.74) is 0. The Balaban J connectivity index is 2.22. The minimum atomic E-state index is -0.333. The molecule has 0 heterocycles. The molecule has 0 N–H and O–H groups in total. The van der Waals surface area contributed by atoms with E-state index in [1.165, 1.54) is 32.1 Å². The average molecular weight is 186 g/mol. The molecule has 1 fully saturated rings. The fourth-order valence-electron chi connectivity index (χ4n) is 1.96. The summed E-state index contributed by atoms with van der Waals surface area (Å²) < 4.78 is 9.83. The Bertz CT molecular complexity index is 141. The van der Waals surface area contributed by atoms with Gasteiger partial charge in [-0.15, -0.1) is 0 Å². The maximum absolute atomic E-state index is 10.1. The van der Waals surface area contributed by atoms with Crippen LogP contribution in [0.25, 0.3) is 0 Å². The van der Waals surface area contributed by atoms with Crippen molar-refractivity contribution < 1.29 is 14.3 Å². The molecule has 1 saturated carbocycles. The van der Waals surface area contributed by atoms with E-state index in [9.17, 15) is 4.79 Å². The summed E-state index contributed by atoms with van der Waals surface area (Å²) in [4.78, 5) is 10.1. The molecule has 1 rings (SSSR count). The lowest BCUT2D eigenvalue weighted by atomic mass is 9.87. The SMILES string of the molecule is COC(CC1CCCCC1)OC=O. The highest BCUT2D eigenvalue weighted by molar-refractivity contribution is 5.37. The van der Waals surface area contributed by atoms with E-state index in [0.717, 1.165) is 6.42 Å². The van der Waals surface area contributed by atoms with Gasteiger partial charge in [0.25, 0.3) is 6.47 Å². The Morgan fingerprint density at radius 1 is 1.38 bits per heavy atom. The molecule has 0 amide bonds. The van der Waals surface area contributed by atoms with Gasteiger partial charge in [-0.2, -0.15) is 0 Å². The van der Waals surface area contributed by atoms with Gasteiger partial charge in [-0.25, -0.2) is 0 Å². The zero-order chi connectivity index (χ0) is 9.52. The van der Waals surface area contributed by atoms with Crippen LogP contribution in [0.4, 0.5) is 0 Å². The quantitative estimate of drug-likeness (QED) is 0.487. The number of hydrogen-bond acceptors (Lipinski definition) is 3. The van der Waals surface area contributed by atoms with Crippen LogP contribution < -0.4 is 0 Å². The first-order valence-corrected chi connectivity index (χ1v) is 4.98. The third-order valence-corrected chi connectivity index (χ3v) is 2.72. The Labute approximate surface area is 79.4 Å². The second-order valence-electron chi connectivity index (χ2n) is 3.64. The summed E-state index contributed by atoms with van der Waals surface area (Å²) in [5, 5.41) is 0. The molecule has 0 radical (unpaired) electrons. The smallest absolute Gasteiger partial charge is 0.295 e. The molecule has 0 bridgehead atoms. The van der Waals surface area contributed by atoms with E-state index in [1.807, 2.05) is 0 Å². The van der Waals surface area contributed by atoms with Gasteiger partial charge in [-0.05, 0) is 5.92 Å². The second kappa shape index (κ2) is 5.97. The van der Waals surface area contributed by atoms with Crippen LogP contribution >= 0.6 is 0 Å². The minimum absolute atomic E-state index is 0.333. The van der Waals surface area contributed by atoms with Crippen molar-refractivity contribution in [3.63, 3.8) is 0 Å². The lowest BCUT2D eigenvalue weighted by Crippen LogP contribution is -2.20. The molecule has 0 aromatic heterocycles. The van der Waals surface area contributed by atoms with Crippen LogP contribution in [0.5, 0.6) is 0 Å². The molecular weight excluding hydrogens is 168 g/mol. The van der Waals surface area contributed by atoms with E-state index in [4.69, 9.17) is 9.47 Å². The molecule has 1 atom stereocenters. The van der Waals surface area contributed by atoms with Crippen molar-refractivity contribution in [3.8, 4) is 0 Å². The fourth-order valence-corrected chi connectivity index (χ4v) is 1.96. The van der Waals surface area contributed by atoms with Crippen molar-refractivity contribution in [1.82, 2.24) is 0 Å². The van der Waals surface area contributed by atoms with E-state index in [2.05, 4.69) is 0 Å². The van der Waals surface area contributed by atoms with Crippen LogP contribution in [0.15, 0.2) is 0 Å². The topological polar surface area (TPSA) is 35.5 Å². The van der Waals surface area contributed by atoms with Crippen molar-refractivity contribution in [2.45, 2.75) is 44.8 Å². The molecule has 1 unspecified atom stereocenters. The van der Waals surface area contributed by atoms with Crippen molar-refractivity contribution in [2.24, 2.45) is 5.92 Å². The van der Waals surface area contributed by atoms with Crippen molar-refractivity contribution in [3.05, 3.63) is 0 Å². The van der Waals surface area contributed by atoms with Gasteiger partial charge in [0.2, 0.25) is 6.29 Å². The number of methoxy groups -OCH3 is 1. The number of carbonyl (C=O) groups excluding carboxylic acids is 1. The maximum atomic E-state index is 10.1. The van der Waals surface area contributed by atoms with Crippen LogP contribution in [-0.2, 0) is 14.3 Å². The van der Waals surface area contributed by atoms with E-state index in [0.29, 0.717) is 12.4 Å². The zero-order valence-corrected chi connectivity index (χ0v) is 8.20. The molecule has 0 spiro atoms. The van der Waals surface area contributed by atoms with Gasteiger partial charge in [0, 0.05) is 13.5 Å². The highest BCUT2D eigenvalue weighted by atomic mass is 16.7. The molecule has 3 heteroatoms. The summed E-state index contributed by atoms with van der Waals surface area (Å²) >= 11 is 0. The monoisotopic (exact) mass is 186 g/mol. The molecule has 1 aliphatic rings. The zero-order valence-electron chi connectivity index (χ0n) is 8.20. The van der Waals surface area contributed by atoms with Crippen LogP contribution in [0.3, 0.4) is 0 Å². The van der Waals surface area contributed by atoms with E-state index >= 15 is 0 Å². The van der Waals surface area contributed by atoms with E-state index in [-0.39, 0.29) is 6.29 Å². The largest absolute Gasteiger partial charge is 0.438 e. The lowest BCUT2D eigenvalue weighted by molar-refractivity contribution is -0.161. The summed E-state index contributed by atoms with van der Waals surface area (Å²) in [5.74, 6) is 0.679. The van der Waals surface area contributed by atoms with Crippen molar-refractivity contribution in [2.75, 3.05) is 7.11 Å². The van der Waals surface area contributed by atoms with Crippen molar-refractivity contribution >= 4 is 6.47 Å². The van der Waals surface area contributed by atoms with Gasteiger partial charge in [0.05, 0.1) is 0 Å². The molecule has 76 valence electrons. The number of hydrogen-bond donors (Lipinski definition) is 0. The van der Waals surface area contributed by atoms with Gasteiger partial charge in [-0.3, -0.25) is 4.79 Å². The number of carbonyl (C=O) groups is 1. The first-order valence-electron chi connectivity index (χ1n) is 4.98. The Morgan fingerprint density at radius 3 is 2.62 bits per heavy atom. The normalized spacial score (nSPS) is 21.0. The molecule has 1 aliphatic carbocycles. The molecule has 0 saturated heterocycles. The fraction of sp³-hybridized carbons (Fsp3) is 0.900. The Hall–Kier alpha value is -0.570. The van der Waals surface area contributed by atoms with Crippen LogP contribution in [-0.4, -0.2) is 19.9 Å². The molecular formula is C10H18O3.